The van der Waals surface area contributed by atoms with E-state index in [0.29, 0.717) is 27.5 Å². The molecule has 0 radical (unpaired) electrons. The first kappa shape index (κ1) is 17.5. The fourth-order valence-electron chi connectivity index (χ4n) is 4.18. The molecule has 2 N–H and O–H groups in total. The van der Waals surface area contributed by atoms with Crippen LogP contribution in [0.1, 0.15) is 49.0 Å². The van der Waals surface area contributed by atoms with Gasteiger partial charge in [0.25, 0.3) is 0 Å². The van der Waals surface area contributed by atoms with Gasteiger partial charge < -0.3 is 14.6 Å². The van der Waals surface area contributed by atoms with Gasteiger partial charge in [-0.3, -0.25) is 4.79 Å². The van der Waals surface area contributed by atoms with E-state index in [2.05, 4.69) is 27.2 Å². The number of aromatic amines is 1. The molecule has 2 fully saturated rings. The van der Waals surface area contributed by atoms with E-state index in [4.69, 9.17) is 11.6 Å². The lowest BCUT2D eigenvalue weighted by Gasteiger charge is -2.33. The number of hydrogen-bond acceptors (Lipinski definition) is 5. The van der Waals surface area contributed by atoms with Gasteiger partial charge in [0.1, 0.15) is 16.6 Å². The van der Waals surface area contributed by atoms with Gasteiger partial charge in [-0.05, 0) is 31.6 Å². The Balaban J connectivity index is 1.88. The summed E-state index contributed by atoms with van der Waals surface area (Å²) in [5.74, 6) is -0.589. The zero-order valence-corrected chi connectivity index (χ0v) is 16.2. The third-order valence-corrected chi connectivity index (χ3v) is 6.29. The summed E-state index contributed by atoms with van der Waals surface area (Å²) in [5.41, 5.74) is 1.42. The largest absolute Gasteiger partial charge is 0.477 e. The Bertz CT molecular complexity index is 1170. The molecule has 1 saturated carbocycles. The molecule has 1 aliphatic carbocycles. The lowest BCUT2D eigenvalue weighted by atomic mass is 9.98. The maximum atomic E-state index is 13.0. The van der Waals surface area contributed by atoms with E-state index < -0.39 is 11.4 Å². The lowest BCUT2D eigenvalue weighted by Crippen LogP contribution is -2.33. The van der Waals surface area contributed by atoms with Gasteiger partial charge in [0.2, 0.25) is 5.43 Å². The molecule has 0 amide bonds. The van der Waals surface area contributed by atoms with Gasteiger partial charge in [-0.1, -0.05) is 18.5 Å². The van der Waals surface area contributed by atoms with Crippen molar-refractivity contribution in [2.45, 2.75) is 38.6 Å². The number of carboxylic acids is 1. The van der Waals surface area contributed by atoms with Crippen LogP contribution in [0, 0.1) is 5.92 Å². The van der Waals surface area contributed by atoms with Crippen LogP contribution in [0.4, 0.5) is 5.69 Å². The summed E-state index contributed by atoms with van der Waals surface area (Å²) in [7, 11) is 0. The van der Waals surface area contributed by atoms with E-state index in [9.17, 15) is 14.7 Å². The lowest BCUT2D eigenvalue weighted by molar-refractivity contribution is 0.0695. The standard InChI is InChI=1S/C19H20ClN5O3/c1-9-4-6-24(7-5-9)17-13(20)16-12(14-15(17)22-23-21-14)18(26)11(19(27)28)8-25(16)10-2-3-10/h8-10H,2-7H2,1H3,(H,27,28)(H,21,22,23). The number of nitrogens with zero attached hydrogens (tertiary/aromatic N) is 4. The molecule has 146 valence electrons. The number of carboxylic acid groups (broad SMARTS) is 1. The highest BCUT2D eigenvalue weighted by molar-refractivity contribution is 6.40. The zero-order chi connectivity index (χ0) is 19.6. The van der Waals surface area contributed by atoms with E-state index in [1.54, 1.807) is 0 Å². The van der Waals surface area contributed by atoms with Crippen LogP contribution < -0.4 is 10.3 Å². The minimum atomic E-state index is -1.25. The van der Waals surface area contributed by atoms with Crippen molar-refractivity contribution in [1.29, 1.82) is 0 Å². The summed E-state index contributed by atoms with van der Waals surface area (Å²) in [4.78, 5) is 26.9. The molecule has 0 bridgehead atoms. The van der Waals surface area contributed by atoms with Crippen LogP contribution in [0.3, 0.4) is 0 Å². The first-order chi connectivity index (χ1) is 13.5. The second kappa shape index (κ2) is 6.20. The molecule has 1 saturated heterocycles. The van der Waals surface area contributed by atoms with E-state index in [-0.39, 0.29) is 17.0 Å². The van der Waals surface area contributed by atoms with Gasteiger partial charge >= 0.3 is 5.97 Å². The third-order valence-electron chi connectivity index (χ3n) is 5.93. The summed E-state index contributed by atoms with van der Waals surface area (Å²) in [6.45, 7) is 3.95. The summed E-state index contributed by atoms with van der Waals surface area (Å²) in [6, 6.07) is 0.150. The number of fused-ring (bicyclic) bond motifs is 3. The van der Waals surface area contributed by atoms with Crippen molar-refractivity contribution < 1.29 is 9.90 Å². The van der Waals surface area contributed by atoms with Crippen LogP contribution in [-0.2, 0) is 0 Å². The molecule has 3 heterocycles. The summed E-state index contributed by atoms with van der Waals surface area (Å²) in [5, 5.41) is 21.3. The molecule has 28 heavy (non-hydrogen) atoms. The van der Waals surface area contributed by atoms with Crippen LogP contribution in [0.25, 0.3) is 21.9 Å². The highest BCUT2D eigenvalue weighted by Crippen LogP contribution is 2.44. The topological polar surface area (TPSA) is 104 Å². The van der Waals surface area contributed by atoms with Gasteiger partial charge in [-0.25, -0.2) is 4.79 Å². The van der Waals surface area contributed by atoms with E-state index in [0.717, 1.165) is 44.5 Å². The fraction of sp³-hybridized carbons (Fsp3) is 0.474. The number of benzene rings is 1. The van der Waals surface area contributed by atoms with E-state index in [1.165, 1.54) is 6.20 Å². The SMILES string of the molecule is CC1CCN(c2c(Cl)c3c(c(=O)c(C(=O)O)cn3C3CC3)c3n[nH]nc23)CC1. The molecule has 0 atom stereocenters. The molecule has 8 nitrogen and oxygen atoms in total. The number of H-pyrrole nitrogens is 1. The number of carbonyl (C=O) groups is 1. The quantitative estimate of drug-likeness (QED) is 0.698. The molecule has 9 heteroatoms. The number of piperidine rings is 1. The average Bonchev–Trinajstić information content (AvgIpc) is 3.40. The first-order valence-corrected chi connectivity index (χ1v) is 9.94. The van der Waals surface area contributed by atoms with Crippen molar-refractivity contribution in [3.63, 3.8) is 0 Å². The fourth-order valence-corrected chi connectivity index (χ4v) is 4.58. The Morgan fingerprint density at radius 3 is 2.54 bits per heavy atom. The number of anilines is 1. The minimum absolute atomic E-state index is 0.150. The summed E-state index contributed by atoms with van der Waals surface area (Å²) < 4.78 is 1.85. The van der Waals surface area contributed by atoms with Crippen molar-refractivity contribution in [2.24, 2.45) is 5.92 Å². The van der Waals surface area contributed by atoms with Gasteiger partial charge in [0, 0.05) is 25.3 Å². The van der Waals surface area contributed by atoms with Crippen LogP contribution >= 0.6 is 11.6 Å². The van der Waals surface area contributed by atoms with E-state index in [1.807, 2.05) is 4.57 Å². The number of aromatic nitrogens is 4. The normalized spacial score (nSPS) is 18.3. The smallest absolute Gasteiger partial charge is 0.341 e. The molecule has 2 aliphatic rings. The van der Waals surface area contributed by atoms with Crippen molar-refractivity contribution in [3.8, 4) is 0 Å². The Morgan fingerprint density at radius 2 is 1.89 bits per heavy atom. The predicted molar refractivity (Wildman–Crippen MR) is 107 cm³/mol. The number of aromatic carboxylic acids is 1. The van der Waals surface area contributed by atoms with Crippen LogP contribution in [0.2, 0.25) is 5.02 Å². The predicted octanol–water partition coefficient (Wildman–Crippen LogP) is 3.20. The molecule has 1 aliphatic heterocycles. The second-order valence-corrected chi connectivity index (χ2v) is 8.27. The summed E-state index contributed by atoms with van der Waals surface area (Å²) >= 11 is 6.90. The minimum Gasteiger partial charge on any atom is -0.477 e. The number of rotatable bonds is 3. The van der Waals surface area contributed by atoms with Gasteiger partial charge in [-0.15, -0.1) is 0 Å². The second-order valence-electron chi connectivity index (χ2n) is 7.89. The Morgan fingerprint density at radius 1 is 1.21 bits per heavy atom. The Labute approximate surface area is 165 Å². The van der Waals surface area contributed by atoms with Crippen LogP contribution in [-0.4, -0.2) is 44.1 Å². The molecule has 3 aromatic rings. The molecular weight excluding hydrogens is 382 g/mol. The zero-order valence-electron chi connectivity index (χ0n) is 15.4. The van der Waals surface area contributed by atoms with Gasteiger partial charge in [0.05, 0.1) is 21.6 Å². The maximum Gasteiger partial charge on any atom is 0.341 e. The summed E-state index contributed by atoms with van der Waals surface area (Å²) in [6.07, 6.45) is 5.41. The van der Waals surface area contributed by atoms with Gasteiger partial charge in [0.15, 0.2) is 0 Å². The first-order valence-electron chi connectivity index (χ1n) is 9.56. The third kappa shape index (κ3) is 2.51. The molecule has 2 aromatic heterocycles. The molecule has 0 unspecified atom stereocenters. The van der Waals surface area contributed by atoms with Crippen LogP contribution in [0.15, 0.2) is 11.0 Å². The van der Waals surface area contributed by atoms with Crippen molar-refractivity contribution in [3.05, 3.63) is 27.0 Å². The number of nitrogens with one attached hydrogen (secondary N) is 1. The maximum absolute atomic E-state index is 13.0. The van der Waals surface area contributed by atoms with Crippen molar-refractivity contribution in [1.82, 2.24) is 20.0 Å². The number of pyridine rings is 1. The van der Waals surface area contributed by atoms with E-state index >= 15 is 0 Å². The van der Waals surface area contributed by atoms with Crippen molar-refractivity contribution in [2.75, 3.05) is 18.0 Å². The van der Waals surface area contributed by atoms with Crippen molar-refractivity contribution >= 4 is 45.2 Å². The molecule has 0 spiro atoms. The number of halogens is 1. The Hall–Kier alpha value is -2.61. The Kier molecular flexibility index (Phi) is 3.87. The van der Waals surface area contributed by atoms with Crippen LogP contribution in [0.5, 0.6) is 0 Å². The monoisotopic (exact) mass is 401 g/mol. The highest BCUT2D eigenvalue weighted by Gasteiger charge is 2.32. The van der Waals surface area contributed by atoms with Gasteiger partial charge in [-0.2, -0.15) is 15.4 Å². The molecule has 1 aromatic carbocycles. The highest BCUT2D eigenvalue weighted by atomic mass is 35.5. The molecule has 5 rings (SSSR count). The number of hydrogen-bond donors (Lipinski definition) is 2. The molecular formula is C19H20ClN5O3. The average molecular weight is 402 g/mol.